The van der Waals surface area contributed by atoms with Gasteiger partial charge in [0.1, 0.15) is 6.04 Å². The summed E-state index contributed by atoms with van der Waals surface area (Å²) in [6.07, 6.45) is 6.81. The number of carbonyl (C=O) groups is 2. The van der Waals surface area contributed by atoms with Gasteiger partial charge in [-0.25, -0.2) is 12.7 Å². The Morgan fingerprint density at radius 1 is 1.00 bits per heavy atom. The van der Waals surface area contributed by atoms with E-state index >= 15 is 0 Å². The highest BCUT2D eigenvalue weighted by molar-refractivity contribution is 7.88. The predicted molar refractivity (Wildman–Crippen MR) is 188 cm³/mol. The summed E-state index contributed by atoms with van der Waals surface area (Å²) in [5.74, 6) is 0.193. The van der Waals surface area contributed by atoms with E-state index in [4.69, 9.17) is 11.6 Å². The summed E-state index contributed by atoms with van der Waals surface area (Å²) in [4.78, 5) is 31.8. The van der Waals surface area contributed by atoms with E-state index in [0.29, 0.717) is 69.6 Å². The zero-order valence-corrected chi connectivity index (χ0v) is 29.9. The minimum absolute atomic E-state index is 0. The number of rotatable bonds is 11. The fraction of sp³-hybridized carbons (Fsp3) is 0.576. The topological polar surface area (TPSA) is 102 Å². The second kappa shape index (κ2) is 17.5. The van der Waals surface area contributed by atoms with Crippen molar-refractivity contribution < 1.29 is 18.0 Å². The van der Waals surface area contributed by atoms with Gasteiger partial charge >= 0.3 is 0 Å². The van der Waals surface area contributed by atoms with Crippen LogP contribution >= 0.6 is 36.4 Å². The van der Waals surface area contributed by atoms with Crippen LogP contribution in [0.2, 0.25) is 5.02 Å². The van der Waals surface area contributed by atoms with Crippen molar-refractivity contribution in [3.05, 3.63) is 70.2 Å². The number of sulfonamides is 1. The van der Waals surface area contributed by atoms with Gasteiger partial charge in [0.05, 0.1) is 12.3 Å². The maximum atomic E-state index is 14.0. The van der Waals surface area contributed by atoms with E-state index in [0.717, 1.165) is 24.0 Å². The number of hydrogen-bond donors (Lipinski definition) is 2. The molecule has 256 valence electrons. The van der Waals surface area contributed by atoms with Gasteiger partial charge < -0.3 is 15.5 Å². The Hall–Kier alpha value is -1.92. The number of likely N-dealkylation sites (N-methyl/N-ethyl adjacent to an activating group) is 1. The summed E-state index contributed by atoms with van der Waals surface area (Å²) in [5.41, 5.74) is 3.27. The van der Waals surface area contributed by atoms with E-state index in [-0.39, 0.29) is 42.7 Å². The molecule has 2 fully saturated rings. The average molecular weight is 717 g/mol. The molecular weight excluding hydrogens is 669 g/mol. The highest BCUT2D eigenvalue weighted by Gasteiger charge is 2.37. The summed E-state index contributed by atoms with van der Waals surface area (Å²) >= 11 is 6.12. The molecule has 13 heteroatoms. The third-order valence-electron chi connectivity index (χ3n) is 9.62. The molecule has 1 aliphatic carbocycles. The van der Waals surface area contributed by atoms with Crippen LogP contribution in [0, 0.1) is 5.92 Å². The quantitative estimate of drug-likeness (QED) is 0.366. The Bertz CT molecular complexity index is 1400. The number of amides is 2. The molecule has 1 saturated heterocycles. The zero-order valence-electron chi connectivity index (χ0n) is 26.7. The monoisotopic (exact) mass is 715 g/mol. The molecule has 0 radical (unpaired) electrons. The lowest BCUT2D eigenvalue weighted by Gasteiger charge is -2.43. The van der Waals surface area contributed by atoms with E-state index in [1.54, 1.807) is 16.4 Å². The molecule has 2 aromatic rings. The van der Waals surface area contributed by atoms with Crippen LogP contribution in [0.3, 0.4) is 0 Å². The van der Waals surface area contributed by atoms with Crippen molar-refractivity contribution in [3.63, 3.8) is 0 Å². The summed E-state index contributed by atoms with van der Waals surface area (Å²) < 4.78 is 26.5. The number of benzene rings is 2. The molecule has 0 bridgehead atoms. The number of hydrogen-bond acceptors (Lipinski definition) is 6. The van der Waals surface area contributed by atoms with Gasteiger partial charge in [0.2, 0.25) is 21.8 Å². The van der Waals surface area contributed by atoms with Gasteiger partial charge in [0, 0.05) is 63.3 Å². The number of nitrogens with zero attached hydrogens (tertiary/aromatic N) is 3. The molecule has 2 N–H and O–H groups in total. The Morgan fingerprint density at radius 2 is 1.63 bits per heavy atom. The van der Waals surface area contributed by atoms with Crippen LogP contribution in [-0.4, -0.2) is 98.0 Å². The highest BCUT2D eigenvalue weighted by atomic mass is 35.5. The largest absolute Gasteiger partial charge is 0.343 e. The molecule has 2 aliphatic heterocycles. The number of piperazine rings is 1. The molecule has 1 saturated carbocycles. The first-order chi connectivity index (χ1) is 21.1. The van der Waals surface area contributed by atoms with Crippen molar-refractivity contribution in [2.45, 2.75) is 70.1 Å². The van der Waals surface area contributed by atoms with E-state index in [2.05, 4.69) is 27.7 Å². The summed E-state index contributed by atoms with van der Waals surface area (Å²) in [6, 6.07) is 14.5. The Kier molecular flexibility index (Phi) is 14.6. The Morgan fingerprint density at radius 3 is 2.24 bits per heavy atom. The van der Waals surface area contributed by atoms with Crippen molar-refractivity contribution in [1.29, 1.82) is 0 Å². The molecule has 2 aromatic carbocycles. The van der Waals surface area contributed by atoms with Crippen LogP contribution in [0.4, 0.5) is 0 Å². The average Bonchev–Trinajstić information content (AvgIpc) is 3.56. The second-order valence-corrected chi connectivity index (χ2v) is 14.9. The third-order valence-corrected chi connectivity index (χ3v) is 11.2. The van der Waals surface area contributed by atoms with Crippen molar-refractivity contribution in [1.82, 2.24) is 24.7 Å². The molecule has 3 unspecified atom stereocenters. The summed E-state index contributed by atoms with van der Waals surface area (Å²) in [6.45, 7) is 5.87. The molecule has 5 rings (SSSR count). The van der Waals surface area contributed by atoms with Crippen LogP contribution in [0.1, 0.15) is 49.3 Å². The van der Waals surface area contributed by atoms with Crippen LogP contribution in [0.25, 0.3) is 0 Å². The van der Waals surface area contributed by atoms with Crippen LogP contribution < -0.4 is 10.6 Å². The van der Waals surface area contributed by atoms with Gasteiger partial charge in [-0.3, -0.25) is 14.5 Å². The van der Waals surface area contributed by atoms with Crippen molar-refractivity contribution in [2.75, 3.05) is 45.5 Å². The van der Waals surface area contributed by atoms with Crippen molar-refractivity contribution in [2.24, 2.45) is 5.92 Å². The summed E-state index contributed by atoms with van der Waals surface area (Å²) in [7, 11) is -3.30. The first kappa shape index (κ1) is 38.5. The van der Waals surface area contributed by atoms with Crippen LogP contribution in [0.15, 0.2) is 48.5 Å². The molecule has 0 aromatic heterocycles. The zero-order chi connectivity index (χ0) is 31.3. The molecule has 46 heavy (non-hydrogen) atoms. The Balaban J connectivity index is 0.00000288. The van der Waals surface area contributed by atoms with Gasteiger partial charge in [-0.05, 0) is 54.0 Å². The minimum atomic E-state index is -3.30. The number of carbonyl (C=O) groups excluding carboxylic acids is 2. The van der Waals surface area contributed by atoms with E-state index in [9.17, 15) is 18.0 Å². The minimum Gasteiger partial charge on any atom is -0.343 e. The lowest BCUT2D eigenvalue weighted by atomic mass is 9.95. The summed E-state index contributed by atoms with van der Waals surface area (Å²) in [5, 5.41) is 7.05. The normalized spacial score (nSPS) is 20.3. The number of halogens is 3. The predicted octanol–water partition coefficient (Wildman–Crippen LogP) is 3.91. The highest BCUT2D eigenvalue weighted by Crippen LogP contribution is 2.32. The lowest BCUT2D eigenvalue weighted by molar-refractivity contribution is -0.138. The molecule has 0 spiro atoms. The van der Waals surface area contributed by atoms with Crippen LogP contribution in [-0.2, 0) is 39.0 Å². The Labute approximate surface area is 291 Å². The number of fused-ring (bicyclic) bond motifs is 1. The lowest BCUT2D eigenvalue weighted by Crippen LogP contribution is -2.60. The smallest absolute Gasteiger partial charge is 0.245 e. The van der Waals surface area contributed by atoms with Gasteiger partial charge in [-0.2, -0.15) is 0 Å². The number of nitrogens with one attached hydrogen (secondary N) is 2. The maximum absolute atomic E-state index is 14.0. The SMILES string of the molecule is CCN(CC(C1CCCC1)N1CCN(C(=O)C(Cc2ccc(Cl)cc2)NC(=O)C2Cc3ccccc3CN2)CC1)S(C)(=O)=O.Cl.Cl. The third kappa shape index (κ3) is 9.81. The van der Waals surface area contributed by atoms with E-state index < -0.39 is 22.1 Å². The van der Waals surface area contributed by atoms with Crippen molar-refractivity contribution in [3.8, 4) is 0 Å². The molecule has 3 atom stereocenters. The van der Waals surface area contributed by atoms with Gasteiger partial charge in [-0.15, -0.1) is 24.8 Å². The molecule has 2 amide bonds. The fourth-order valence-corrected chi connectivity index (χ4v) is 8.09. The molecular formula is C33H48Cl3N5O4S. The van der Waals surface area contributed by atoms with Crippen molar-refractivity contribution >= 4 is 58.3 Å². The second-order valence-electron chi connectivity index (χ2n) is 12.5. The first-order valence-electron chi connectivity index (χ1n) is 15.9. The fourth-order valence-electron chi connectivity index (χ4n) is 7.08. The van der Waals surface area contributed by atoms with Crippen LogP contribution in [0.5, 0.6) is 0 Å². The van der Waals surface area contributed by atoms with Gasteiger partial charge in [0.25, 0.3) is 0 Å². The van der Waals surface area contributed by atoms with E-state index in [1.807, 2.05) is 36.1 Å². The van der Waals surface area contributed by atoms with E-state index in [1.165, 1.54) is 24.7 Å². The molecule has 2 heterocycles. The van der Waals surface area contributed by atoms with Gasteiger partial charge in [0.15, 0.2) is 0 Å². The molecule has 3 aliphatic rings. The standard InChI is InChI=1S/C33H46ClN5O4S.2ClH/c1-3-39(44(2,42)43)23-31(25-8-4-5-9-25)37-16-18-38(19-17-37)33(41)30(20-24-12-14-28(34)15-13-24)36-32(40)29-21-26-10-6-7-11-27(26)22-35-29;;/h6-7,10-15,25,29-31,35H,3-5,8-9,16-23H2,1-2H3,(H,36,40);2*1H. The maximum Gasteiger partial charge on any atom is 0.245 e. The first-order valence-corrected chi connectivity index (χ1v) is 18.2. The molecule has 9 nitrogen and oxygen atoms in total. The van der Waals surface area contributed by atoms with Gasteiger partial charge in [-0.1, -0.05) is 67.8 Å².